The van der Waals surface area contributed by atoms with E-state index in [4.69, 9.17) is 15.3 Å². The van der Waals surface area contributed by atoms with Crippen LogP contribution in [0.1, 0.15) is 11.5 Å². The van der Waals surface area contributed by atoms with Gasteiger partial charge in [-0.2, -0.15) is 10.5 Å². The van der Waals surface area contributed by atoms with Gasteiger partial charge in [-0.3, -0.25) is 5.87 Å². The van der Waals surface area contributed by atoms with Crippen LogP contribution in [0.3, 0.4) is 0 Å². The van der Waals surface area contributed by atoms with E-state index in [1.165, 1.54) is 0 Å². The maximum absolute atomic E-state index is 9.23. The summed E-state index contributed by atoms with van der Waals surface area (Å²) >= 11 is 0. The highest BCUT2D eigenvalue weighted by Crippen LogP contribution is 2.32. The minimum absolute atomic E-state index is 0.186. The first kappa shape index (κ1) is 13.3. The summed E-state index contributed by atoms with van der Waals surface area (Å²) in [5.41, 5.74) is 1.90. The summed E-state index contributed by atoms with van der Waals surface area (Å²) in [5.74, 6) is 0.763. The van der Waals surface area contributed by atoms with Crippen LogP contribution in [0.2, 0.25) is 0 Å². The lowest BCUT2D eigenvalue weighted by Gasteiger charge is -2.14. The van der Waals surface area contributed by atoms with Crippen molar-refractivity contribution in [3.63, 3.8) is 0 Å². The first-order valence-electron chi connectivity index (χ1n) is 5.63. The highest BCUT2D eigenvalue weighted by atomic mass is 16.6. The third-order valence-electron chi connectivity index (χ3n) is 2.88. The molecule has 0 fully saturated rings. The summed E-state index contributed by atoms with van der Waals surface area (Å²) in [6.07, 6.45) is 0. The number of hydrogen-bond acceptors (Lipinski definition) is 6. The van der Waals surface area contributed by atoms with Crippen LogP contribution >= 0.6 is 0 Å². The molecule has 0 spiro atoms. The van der Waals surface area contributed by atoms with Crippen molar-refractivity contribution >= 4 is 22.6 Å². The first-order chi connectivity index (χ1) is 9.63. The van der Waals surface area contributed by atoms with E-state index in [0.717, 1.165) is 5.69 Å². The van der Waals surface area contributed by atoms with Crippen LogP contribution < -0.4 is 4.90 Å². The molecule has 1 heterocycles. The van der Waals surface area contributed by atoms with Gasteiger partial charge in [0.05, 0.1) is 17.3 Å². The molecule has 0 saturated carbocycles. The highest BCUT2D eigenvalue weighted by Gasteiger charge is 2.22. The van der Waals surface area contributed by atoms with Gasteiger partial charge < -0.3 is 10.3 Å². The molecule has 98 valence electrons. The topological polar surface area (TPSA) is 112 Å². The van der Waals surface area contributed by atoms with Gasteiger partial charge in [0.1, 0.15) is 17.5 Å². The summed E-state index contributed by atoms with van der Waals surface area (Å²) in [6.45, 7) is 0. The molecule has 1 atom stereocenters. The Bertz CT molecular complexity index is 785. The van der Waals surface area contributed by atoms with E-state index in [0.29, 0.717) is 16.6 Å². The molecular weight excluding hydrogens is 256 g/mol. The summed E-state index contributed by atoms with van der Waals surface area (Å²) in [4.78, 5) is 1.83. The fraction of sp³-hybridized carbons (Fsp3) is 0.231. The number of benzene rings is 1. The first-order valence-corrected chi connectivity index (χ1v) is 5.63. The predicted octanol–water partition coefficient (Wildman–Crippen LogP) is 1.59. The third-order valence-corrected chi connectivity index (χ3v) is 2.88. The second-order valence-electron chi connectivity index (χ2n) is 4.23. The van der Waals surface area contributed by atoms with E-state index >= 15 is 0 Å². The summed E-state index contributed by atoms with van der Waals surface area (Å²) in [6, 6.07) is 7.09. The lowest BCUT2D eigenvalue weighted by atomic mass is 9.92. The van der Waals surface area contributed by atoms with Crippen molar-refractivity contribution in [3.05, 3.63) is 28.7 Å². The van der Waals surface area contributed by atoms with Crippen LogP contribution in [0.15, 0.2) is 22.3 Å². The van der Waals surface area contributed by atoms with Gasteiger partial charge in [0.15, 0.2) is 5.52 Å². The zero-order valence-electron chi connectivity index (χ0n) is 10.8. The third kappa shape index (κ3) is 1.99. The SMILES string of the molecule is CN(C)c1ccc(C(C#N)C(=C=[N-])C#N)c2nonc12. The fourth-order valence-electron chi connectivity index (χ4n) is 1.91. The van der Waals surface area contributed by atoms with Crippen molar-refractivity contribution in [3.8, 4) is 12.1 Å². The molecule has 0 aliphatic rings. The molecule has 2 aromatic rings. The van der Waals surface area contributed by atoms with E-state index in [-0.39, 0.29) is 5.57 Å². The Morgan fingerprint density at radius 1 is 1.30 bits per heavy atom. The Morgan fingerprint density at radius 2 is 2.00 bits per heavy atom. The largest absolute Gasteiger partial charge is 0.762 e. The second-order valence-corrected chi connectivity index (χ2v) is 4.23. The molecule has 1 aromatic carbocycles. The fourth-order valence-corrected chi connectivity index (χ4v) is 1.91. The normalized spacial score (nSPS) is 11.2. The number of nitriles is 2. The van der Waals surface area contributed by atoms with Crippen LogP contribution in [0.4, 0.5) is 5.69 Å². The number of aromatic nitrogens is 2. The van der Waals surface area contributed by atoms with E-state index < -0.39 is 5.92 Å². The van der Waals surface area contributed by atoms with Crippen LogP contribution in [-0.4, -0.2) is 30.3 Å². The number of nitrogens with zero attached hydrogens (tertiary/aromatic N) is 6. The van der Waals surface area contributed by atoms with Gasteiger partial charge in [-0.05, 0) is 16.4 Å². The van der Waals surface area contributed by atoms with Gasteiger partial charge in [-0.1, -0.05) is 6.07 Å². The number of rotatable bonds is 3. The van der Waals surface area contributed by atoms with Crippen molar-refractivity contribution in [2.75, 3.05) is 19.0 Å². The van der Waals surface area contributed by atoms with Crippen molar-refractivity contribution in [1.82, 2.24) is 10.3 Å². The number of allylic oxidation sites excluding steroid dienone is 1. The molecular formula is C13H9N6O-. The van der Waals surface area contributed by atoms with Gasteiger partial charge in [0.2, 0.25) is 0 Å². The van der Waals surface area contributed by atoms with E-state index in [1.807, 2.05) is 25.1 Å². The van der Waals surface area contributed by atoms with Crippen molar-refractivity contribution in [1.29, 1.82) is 10.5 Å². The number of hydrogen-bond donors (Lipinski definition) is 0. The zero-order chi connectivity index (χ0) is 14.7. The summed E-state index contributed by atoms with van der Waals surface area (Å²) in [5, 5.41) is 34.7. The zero-order valence-corrected chi connectivity index (χ0v) is 10.8. The minimum atomic E-state index is -0.976. The van der Waals surface area contributed by atoms with E-state index in [1.54, 1.807) is 24.1 Å². The van der Waals surface area contributed by atoms with Gasteiger partial charge in [0, 0.05) is 19.7 Å². The second kappa shape index (κ2) is 5.23. The molecule has 7 heteroatoms. The van der Waals surface area contributed by atoms with Crippen LogP contribution in [0.5, 0.6) is 0 Å². The molecule has 0 saturated heterocycles. The standard InChI is InChI=1S/C13H9N6O/c1-19(2)11-4-3-9(12-13(11)18-20-17-12)10(7-16)8(5-14)6-15/h3-4,10H,1-2H3/q-1. The van der Waals surface area contributed by atoms with E-state index in [9.17, 15) is 5.26 Å². The molecule has 0 amide bonds. The van der Waals surface area contributed by atoms with Crippen LogP contribution in [0, 0.1) is 22.7 Å². The monoisotopic (exact) mass is 265 g/mol. The highest BCUT2D eigenvalue weighted by molar-refractivity contribution is 5.91. The Morgan fingerprint density at radius 3 is 2.55 bits per heavy atom. The van der Waals surface area contributed by atoms with Gasteiger partial charge in [-0.25, -0.2) is 4.63 Å². The quantitative estimate of drug-likeness (QED) is 0.615. The molecule has 1 unspecified atom stereocenters. The van der Waals surface area contributed by atoms with Gasteiger partial charge >= 0.3 is 0 Å². The Hall–Kier alpha value is -3.15. The maximum atomic E-state index is 9.23. The Kier molecular flexibility index (Phi) is 3.47. The van der Waals surface area contributed by atoms with Crippen molar-refractivity contribution in [2.45, 2.75) is 5.92 Å². The molecule has 0 radical (unpaired) electrons. The van der Waals surface area contributed by atoms with Crippen LogP contribution in [-0.2, 0) is 0 Å². The smallest absolute Gasteiger partial charge is 0.158 e. The molecule has 0 N–H and O–H groups in total. The molecule has 20 heavy (non-hydrogen) atoms. The number of anilines is 1. The molecule has 7 nitrogen and oxygen atoms in total. The number of fused-ring (bicyclic) bond motifs is 1. The van der Waals surface area contributed by atoms with Crippen LogP contribution in [0.25, 0.3) is 16.4 Å². The summed E-state index contributed by atoms with van der Waals surface area (Å²) in [7, 11) is 3.68. The Labute approximate surface area is 114 Å². The average Bonchev–Trinajstić information content (AvgIpc) is 2.93. The molecule has 1 aromatic heterocycles. The predicted molar refractivity (Wildman–Crippen MR) is 72.0 cm³/mol. The van der Waals surface area contributed by atoms with Gasteiger partial charge in [-0.15, -0.1) is 0 Å². The van der Waals surface area contributed by atoms with E-state index in [2.05, 4.69) is 10.3 Å². The molecule has 2 rings (SSSR count). The molecule has 0 bridgehead atoms. The van der Waals surface area contributed by atoms with Crippen molar-refractivity contribution < 1.29 is 4.63 Å². The van der Waals surface area contributed by atoms with Crippen molar-refractivity contribution in [2.24, 2.45) is 0 Å². The lowest BCUT2D eigenvalue weighted by Crippen LogP contribution is -2.10. The average molecular weight is 265 g/mol. The van der Waals surface area contributed by atoms with Gasteiger partial charge in [0.25, 0.3) is 0 Å². The Balaban J connectivity index is 2.72. The maximum Gasteiger partial charge on any atom is 0.158 e. The molecule has 0 aliphatic carbocycles. The molecule has 0 aliphatic heterocycles. The summed E-state index contributed by atoms with van der Waals surface area (Å²) < 4.78 is 4.73. The lowest BCUT2D eigenvalue weighted by molar-refractivity contribution is 0.315. The minimum Gasteiger partial charge on any atom is -0.762 e.